The van der Waals surface area contributed by atoms with E-state index in [4.69, 9.17) is 4.74 Å². The zero-order valence-corrected chi connectivity index (χ0v) is 15.8. The van der Waals surface area contributed by atoms with Gasteiger partial charge in [-0.3, -0.25) is 4.90 Å². The lowest BCUT2D eigenvalue weighted by atomic mass is 9.97. The highest BCUT2D eigenvalue weighted by molar-refractivity contribution is 5.89. The first kappa shape index (κ1) is 27.6. The fourth-order valence-electron chi connectivity index (χ4n) is 2.35. The number of carbonyl (C=O) groups is 1. The summed E-state index contributed by atoms with van der Waals surface area (Å²) in [6.45, 7) is 2.30. The Balaban J connectivity index is -0.00000147. The molecule has 0 amide bonds. The highest BCUT2D eigenvalue weighted by Crippen LogP contribution is 2.22. The van der Waals surface area contributed by atoms with E-state index in [2.05, 4.69) is 0 Å². The minimum absolute atomic E-state index is 0. The third kappa shape index (κ3) is 7.57. The molecule has 0 heterocycles. The number of esters is 1. The first-order valence-corrected chi connectivity index (χ1v) is 7.09. The minimum Gasteiger partial charge on any atom is -0.440 e. The smallest absolute Gasteiger partial charge is 0.339 e. The second-order valence-corrected chi connectivity index (χ2v) is 5.78. The quantitative estimate of drug-likeness (QED) is 0.546. The Morgan fingerprint density at radius 1 is 1.17 bits per heavy atom. The fraction of sp³-hybridized carbons (Fsp3) is 0.562. The Hall–Kier alpha value is -1.22. The van der Waals surface area contributed by atoms with Gasteiger partial charge in [0.15, 0.2) is 6.23 Å². The SMILES string of the molecule is CCC(O)(CN(C)C)C(OC(=O)c1ccccc1)N(C)C.Cl.O.O. The van der Waals surface area contributed by atoms with Crippen molar-refractivity contribution < 1.29 is 25.6 Å². The average Bonchev–Trinajstić information content (AvgIpc) is 2.44. The maximum atomic E-state index is 12.2. The number of halogens is 1. The molecule has 1 rings (SSSR count). The van der Waals surface area contributed by atoms with Gasteiger partial charge in [0.05, 0.1) is 5.56 Å². The van der Waals surface area contributed by atoms with Crippen LogP contribution in [0.5, 0.6) is 0 Å². The van der Waals surface area contributed by atoms with Crippen LogP contribution in [0.25, 0.3) is 0 Å². The average molecular weight is 367 g/mol. The van der Waals surface area contributed by atoms with Gasteiger partial charge in [0, 0.05) is 6.54 Å². The van der Waals surface area contributed by atoms with Crippen molar-refractivity contribution in [3.05, 3.63) is 35.9 Å². The summed E-state index contributed by atoms with van der Waals surface area (Å²) >= 11 is 0. The molecule has 1 aromatic carbocycles. The van der Waals surface area contributed by atoms with Crippen LogP contribution in [-0.2, 0) is 4.74 Å². The molecule has 0 fully saturated rings. The maximum Gasteiger partial charge on any atom is 0.339 e. The Labute approximate surface area is 150 Å². The molecule has 1 aromatic rings. The standard InChI is InChI=1S/C16H26N2O3.ClH.2H2O/c1-6-16(20,12-17(2)3)15(18(4)5)21-14(19)13-10-8-7-9-11-13;;;/h7-11,15,20H,6,12H2,1-5H3;1H;2*1H2. The van der Waals surface area contributed by atoms with Crippen molar-refractivity contribution in [1.29, 1.82) is 0 Å². The second-order valence-electron chi connectivity index (χ2n) is 5.78. The van der Waals surface area contributed by atoms with Gasteiger partial charge < -0.3 is 25.7 Å². The van der Waals surface area contributed by atoms with E-state index >= 15 is 0 Å². The number of ether oxygens (including phenoxy) is 1. The van der Waals surface area contributed by atoms with Crippen LogP contribution in [0.1, 0.15) is 23.7 Å². The Bertz CT molecular complexity index is 459. The van der Waals surface area contributed by atoms with Crippen LogP contribution in [-0.4, -0.2) is 78.4 Å². The molecule has 0 aromatic heterocycles. The molecule has 0 radical (unpaired) electrons. The number of hydrogen-bond donors (Lipinski definition) is 1. The van der Waals surface area contributed by atoms with E-state index in [9.17, 15) is 9.90 Å². The van der Waals surface area contributed by atoms with E-state index in [-0.39, 0.29) is 23.4 Å². The summed E-state index contributed by atoms with van der Waals surface area (Å²) in [4.78, 5) is 15.8. The number of nitrogens with zero attached hydrogens (tertiary/aromatic N) is 2. The van der Waals surface area contributed by atoms with E-state index in [1.807, 2.05) is 32.0 Å². The summed E-state index contributed by atoms with van der Waals surface area (Å²) in [6, 6.07) is 8.81. The molecule has 7 nitrogen and oxygen atoms in total. The molecule has 5 N–H and O–H groups in total. The van der Waals surface area contributed by atoms with Crippen LogP contribution in [0.4, 0.5) is 0 Å². The Morgan fingerprint density at radius 2 is 1.67 bits per heavy atom. The zero-order valence-electron chi connectivity index (χ0n) is 14.9. The molecule has 24 heavy (non-hydrogen) atoms. The molecule has 0 aliphatic rings. The number of rotatable bonds is 7. The van der Waals surface area contributed by atoms with Gasteiger partial charge in [0.25, 0.3) is 0 Å². The van der Waals surface area contributed by atoms with Gasteiger partial charge in [-0.1, -0.05) is 25.1 Å². The van der Waals surface area contributed by atoms with Crippen molar-refractivity contribution in [2.45, 2.75) is 25.2 Å². The summed E-state index contributed by atoms with van der Waals surface area (Å²) < 4.78 is 5.57. The highest BCUT2D eigenvalue weighted by atomic mass is 35.5. The molecule has 0 spiro atoms. The molecule has 0 aliphatic carbocycles. The van der Waals surface area contributed by atoms with Crippen molar-refractivity contribution in [1.82, 2.24) is 9.80 Å². The molecule has 142 valence electrons. The normalized spacial score (nSPS) is 13.8. The topological polar surface area (TPSA) is 116 Å². The summed E-state index contributed by atoms with van der Waals surface area (Å²) in [5.74, 6) is -0.431. The molecule has 0 saturated carbocycles. The number of likely N-dealkylation sites (N-methyl/N-ethyl adjacent to an activating group) is 2. The zero-order chi connectivity index (χ0) is 16.0. The van der Waals surface area contributed by atoms with Gasteiger partial charge in [-0.05, 0) is 46.7 Å². The van der Waals surface area contributed by atoms with Crippen LogP contribution in [0.3, 0.4) is 0 Å². The molecule has 0 saturated heterocycles. The third-order valence-electron chi connectivity index (χ3n) is 3.36. The third-order valence-corrected chi connectivity index (χ3v) is 3.36. The van der Waals surface area contributed by atoms with Gasteiger partial charge in [0.1, 0.15) is 5.60 Å². The van der Waals surface area contributed by atoms with E-state index in [1.165, 1.54) is 0 Å². The van der Waals surface area contributed by atoms with E-state index < -0.39 is 17.8 Å². The summed E-state index contributed by atoms with van der Waals surface area (Å²) in [6.07, 6.45) is -0.228. The van der Waals surface area contributed by atoms with Gasteiger partial charge >= 0.3 is 5.97 Å². The number of aliphatic hydroxyl groups is 1. The predicted molar refractivity (Wildman–Crippen MR) is 97.6 cm³/mol. The minimum atomic E-state index is -1.13. The Morgan fingerprint density at radius 3 is 2.04 bits per heavy atom. The maximum absolute atomic E-state index is 12.2. The number of benzene rings is 1. The van der Waals surface area contributed by atoms with E-state index in [1.54, 1.807) is 43.3 Å². The highest BCUT2D eigenvalue weighted by Gasteiger charge is 2.40. The van der Waals surface area contributed by atoms with Crippen LogP contribution < -0.4 is 0 Å². The van der Waals surface area contributed by atoms with Gasteiger partial charge in [-0.2, -0.15) is 0 Å². The predicted octanol–water partition coefficient (Wildman–Crippen LogP) is 0.206. The second kappa shape index (κ2) is 12.2. The van der Waals surface area contributed by atoms with Crippen LogP contribution in [0.2, 0.25) is 0 Å². The number of hydrogen-bond acceptors (Lipinski definition) is 5. The lowest BCUT2D eigenvalue weighted by Gasteiger charge is -2.40. The van der Waals surface area contributed by atoms with Crippen LogP contribution in [0, 0.1) is 0 Å². The molecule has 0 aliphatic heterocycles. The first-order valence-electron chi connectivity index (χ1n) is 7.09. The van der Waals surface area contributed by atoms with Gasteiger partial charge in [0.2, 0.25) is 0 Å². The van der Waals surface area contributed by atoms with Crippen LogP contribution in [0.15, 0.2) is 30.3 Å². The van der Waals surface area contributed by atoms with Crippen molar-refractivity contribution in [2.24, 2.45) is 0 Å². The molecule has 2 atom stereocenters. The van der Waals surface area contributed by atoms with Crippen molar-refractivity contribution in [3.8, 4) is 0 Å². The van der Waals surface area contributed by atoms with E-state index in [0.717, 1.165) is 0 Å². The van der Waals surface area contributed by atoms with Crippen molar-refractivity contribution in [2.75, 3.05) is 34.7 Å². The first-order chi connectivity index (χ1) is 9.80. The summed E-state index contributed by atoms with van der Waals surface area (Å²) in [5, 5.41) is 10.9. The van der Waals surface area contributed by atoms with E-state index in [0.29, 0.717) is 18.5 Å². The fourth-order valence-corrected chi connectivity index (χ4v) is 2.35. The molecule has 0 bridgehead atoms. The molecular weight excluding hydrogens is 336 g/mol. The van der Waals surface area contributed by atoms with Gasteiger partial charge in [-0.15, -0.1) is 12.4 Å². The van der Waals surface area contributed by atoms with Crippen molar-refractivity contribution >= 4 is 18.4 Å². The Kier molecular flexibility index (Phi) is 14.0. The summed E-state index contributed by atoms with van der Waals surface area (Å²) in [5.41, 5.74) is -0.648. The molecule has 8 heteroatoms. The monoisotopic (exact) mass is 366 g/mol. The number of carbonyl (C=O) groups excluding carboxylic acids is 1. The largest absolute Gasteiger partial charge is 0.440 e. The molecular formula is C16H31ClN2O5. The van der Waals surface area contributed by atoms with Crippen LogP contribution >= 0.6 is 12.4 Å². The lowest BCUT2D eigenvalue weighted by molar-refractivity contribution is -0.149. The van der Waals surface area contributed by atoms with Crippen molar-refractivity contribution in [3.63, 3.8) is 0 Å². The lowest BCUT2D eigenvalue weighted by Crippen LogP contribution is -2.57. The summed E-state index contributed by atoms with van der Waals surface area (Å²) in [7, 11) is 7.34. The molecule has 2 unspecified atom stereocenters. The van der Waals surface area contributed by atoms with Gasteiger partial charge in [-0.25, -0.2) is 4.79 Å².